The Morgan fingerprint density at radius 3 is 2.86 bits per heavy atom. The number of aliphatic hydroxyl groups is 1. The van der Waals surface area contributed by atoms with E-state index in [4.69, 9.17) is 9.47 Å². The van der Waals surface area contributed by atoms with Gasteiger partial charge in [0.15, 0.2) is 0 Å². The van der Waals surface area contributed by atoms with Crippen LogP contribution in [-0.2, 0) is 22.6 Å². The quantitative estimate of drug-likeness (QED) is 0.398. The van der Waals surface area contributed by atoms with Crippen LogP contribution in [0.4, 0.5) is 4.39 Å². The van der Waals surface area contributed by atoms with Crippen LogP contribution in [0.5, 0.6) is 0 Å². The number of ether oxygens (including phenoxy) is 2. The average Bonchev–Trinajstić information content (AvgIpc) is 3.10. The Morgan fingerprint density at radius 1 is 1.29 bits per heavy atom. The highest BCUT2D eigenvalue weighted by Crippen LogP contribution is 2.14. The first-order valence-corrected chi connectivity index (χ1v) is 9.59. The van der Waals surface area contributed by atoms with E-state index >= 15 is 0 Å². The number of aliphatic hydroxyl groups excluding tert-OH is 1. The molecule has 0 aliphatic carbocycles. The van der Waals surface area contributed by atoms with Crippen LogP contribution in [0.3, 0.4) is 0 Å². The van der Waals surface area contributed by atoms with Gasteiger partial charge in [-0.15, -0.1) is 6.58 Å². The molecule has 0 unspecified atom stereocenters. The molecule has 0 fully saturated rings. The van der Waals surface area contributed by atoms with E-state index in [0.29, 0.717) is 38.4 Å². The highest BCUT2D eigenvalue weighted by atomic mass is 19.1. The Balaban J connectivity index is 2.01. The molecule has 0 aliphatic heterocycles. The zero-order chi connectivity index (χ0) is 20.2. The van der Waals surface area contributed by atoms with Crippen LogP contribution < -0.4 is 0 Å². The van der Waals surface area contributed by atoms with Crippen LogP contribution in [-0.4, -0.2) is 60.7 Å². The molecule has 0 aliphatic rings. The van der Waals surface area contributed by atoms with Crippen LogP contribution in [0.15, 0.2) is 55.3 Å². The molecule has 0 amide bonds. The van der Waals surface area contributed by atoms with E-state index in [1.807, 2.05) is 29.0 Å². The molecule has 154 valence electrons. The van der Waals surface area contributed by atoms with Crippen LogP contribution >= 0.6 is 0 Å². The van der Waals surface area contributed by atoms with E-state index < -0.39 is 6.10 Å². The summed E-state index contributed by atoms with van der Waals surface area (Å²) in [7, 11) is 1.68. The third-order valence-corrected chi connectivity index (χ3v) is 4.45. The van der Waals surface area contributed by atoms with Gasteiger partial charge in [0.1, 0.15) is 5.82 Å². The Labute approximate surface area is 167 Å². The van der Waals surface area contributed by atoms with Gasteiger partial charge >= 0.3 is 0 Å². The highest BCUT2D eigenvalue weighted by Gasteiger charge is 2.15. The van der Waals surface area contributed by atoms with E-state index in [1.54, 1.807) is 25.3 Å². The van der Waals surface area contributed by atoms with Crippen molar-refractivity contribution < 1.29 is 19.0 Å². The summed E-state index contributed by atoms with van der Waals surface area (Å²) in [5.41, 5.74) is 1.73. The molecular formula is C22H31FN2O3. The van der Waals surface area contributed by atoms with Crippen molar-refractivity contribution in [3.8, 4) is 0 Å². The Kier molecular flexibility index (Phi) is 9.93. The van der Waals surface area contributed by atoms with E-state index in [1.165, 1.54) is 6.07 Å². The largest absolute Gasteiger partial charge is 0.389 e. The number of benzene rings is 1. The van der Waals surface area contributed by atoms with Crippen molar-refractivity contribution in [1.82, 2.24) is 9.47 Å². The monoisotopic (exact) mass is 390 g/mol. The number of aromatic nitrogens is 1. The molecule has 1 heterocycles. The summed E-state index contributed by atoms with van der Waals surface area (Å²) in [5, 5.41) is 10.3. The normalized spacial score (nSPS) is 12.4. The number of methoxy groups -OCH3 is 1. The molecule has 0 saturated carbocycles. The minimum atomic E-state index is -0.586. The van der Waals surface area contributed by atoms with Gasteiger partial charge in [0.05, 0.1) is 25.9 Å². The number of nitrogens with zero attached hydrogens (tertiary/aromatic N) is 2. The van der Waals surface area contributed by atoms with Gasteiger partial charge in [-0.05, 0) is 24.6 Å². The van der Waals surface area contributed by atoms with Crippen LogP contribution in [0.25, 0.3) is 0 Å². The van der Waals surface area contributed by atoms with Gasteiger partial charge < -0.3 is 19.1 Å². The van der Waals surface area contributed by atoms with Gasteiger partial charge in [-0.3, -0.25) is 4.90 Å². The molecule has 2 rings (SSSR count). The molecule has 6 heteroatoms. The van der Waals surface area contributed by atoms with E-state index in [0.717, 1.165) is 18.7 Å². The van der Waals surface area contributed by atoms with Gasteiger partial charge in [-0.25, -0.2) is 4.39 Å². The summed E-state index contributed by atoms with van der Waals surface area (Å²) in [6, 6.07) is 10.8. The molecule has 1 aromatic heterocycles. The van der Waals surface area contributed by atoms with Gasteiger partial charge in [-0.2, -0.15) is 0 Å². The van der Waals surface area contributed by atoms with E-state index in [2.05, 4.69) is 11.5 Å². The number of halogens is 1. The molecule has 0 saturated heterocycles. The lowest BCUT2D eigenvalue weighted by molar-refractivity contribution is 0.0225. The first-order valence-electron chi connectivity index (χ1n) is 9.59. The second kappa shape index (κ2) is 12.5. The molecule has 1 aromatic carbocycles. The maximum Gasteiger partial charge on any atom is 0.128 e. The third-order valence-electron chi connectivity index (χ3n) is 4.45. The summed E-state index contributed by atoms with van der Waals surface area (Å²) >= 11 is 0. The fourth-order valence-corrected chi connectivity index (χ4v) is 3.09. The van der Waals surface area contributed by atoms with Gasteiger partial charge in [0.25, 0.3) is 0 Å². The minimum Gasteiger partial charge on any atom is -0.389 e. The van der Waals surface area contributed by atoms with Crippen LogP contribution in [0, 0.1) is 5.82 Å². The predicted molar refractivity (Wildman–Crippen MR) is 109 cm³/mol. The van der Waals surface area contributed by atoms with Gasteiger partial charge in [0, 0.05) is 50.8 Å². The molecule has 0 radical (unpaired) electrons. The molecule has 2 aromatic rings. The lowest BCUT2D eigenvalue weighted by Gasteiger charge is -2.25. The number of hydrogen-bond donors (Lipinski definition) is 1. The summed E-state index contributed by atoms with van der Waals surface area (Å²) in [5.74, 6) is -0.200. The fourth-order valence-electron chi connectivity index (χ4n) is 3.09. The predicted octanol–water partition coefficient (Wildman–Crippen LogP) is 3.08. The van der Waals surface area contributed by atoms with Crippen molar-refractivity contribution in [1.29, 1.82) is 0 Å². The maximum atomic E-state index is 14.0. The Morgan fingerprint density at radius 2 is 2.11 bits per heavy atom. The summed E-state index contributed by atoms with van der Waals surface area (Å²) in [6.45, 7) is 7.38. The average molecular weight is 390 g/mol. The first kappa shape index (κ1) is 22.3. The molecular weight excluding hydrogens is 359 g/mol. The summed E-state index contributed by atoms with van der Waals surface area (Å²) in [6.07, 6.45) is 3.90. The smallest absolute Gasteiger partial charge is 0.128 e. The Bertz CT molecular complexity index is 705. The zero-order valence-electron chi connectivity index (χ0n) is 16.6. The van der Waals surface area contributed by atoms with Crippen molar-refractivity contribution >= 4 is 0 Å². The van der Waals surface area contributed by atoms with E-state index in [9.17, 15) is 9.50 Å². The molecule has 28 heavy (non-hydrogen) atoms. The van der Waals surface area contributed by atoms with Crippen molar-refractivity contribution in [3.63, 3.8) is 0 Å². The van der Waals surface area contributed by atoms with Crippen LogP contribution in [0.2, 0.25) is 0 Å². The molecule has 5 nitrogen and oxygen atoms in total. The van der Waals surface area contributed by atoms with Crippen molar-refractivity contribution in [3.05, 3.63) is 72.3 Å². The summed E-state index contributed by atoms with van der Waals surface area (Å²) < 4.78 is 26.6. The molecule has 0 spiro atoms. The second-order valence-electron chi connectivity index (χ2n) is 6.78. The first-order chi connectivity index (χ1) is 13.6. The minimum absolute atomic E-state index is 0.200. The highest BCUT2D eigenvalue weighted by molar-refractivity contribution is 5.19. The SMILES string of the molecule is C=CCOC[C@H](O)CN(CCCOC)Cc1cccn1Cc1ccccc1F. The number of hydrogen-bond acceptors (Lipinski definition) is 4. The molecule has 1 atom stereocenters. The van der Waals surface area contributed by atoms with Crippen molar-refractivity contribution in [2.75, 3.05) is 40.0 Å². The van der Waals surface area contributed by atoms with Crippen molar-refractivity contribution in [2.45, 2.75) is 25.6 Å². The zero-order valence-corrected chi connectivity index (χ0v) is 16.6. The number of rotatable bonds is 14. The lowest BCUT2D eigenvalue weighted by atomic mass is 10.2. The fraction of sp³-hybridized carbons (Fsp3) is 0.455. The summed E-state index contributed by atoms with van der Waals surface area (Å²) in [4.78, 5) is 2.17. The van der Waals surface area contributed by atoms with Gasteiger partial charge in [-0.1, -0.05) is 24.3 Å². The Hall–Kier alpha value is -1.99. The van der Waals surface area contributed by atoms with Crippen LogP contribution in [0.1, 0.15) is 17.7 Å². The third kappa shape index (κ3) is 7.56. The molecule has 0 bridgehead atoms. The maximum absolute atomic E-state index is 14.0. The topological polar surface area (TPSA) is 46.9 Å². The van der Waals surface area contributed by atoms with Crippen molar-refractivity contribution in [2.24, 2.45) is 0 Å². The van der Waals surface area contributed by atoms with Gasteiger partial charge in [0.2, 0.25) is 0 Å². The molecule has 1 N–H and O–H groups in total. The second-order valence-corrected chi connectivity index (χ2v) is 6.78. The van der Waals surface area contributed by atoms with E-state index in [-0.39, 0.29) is 12.4 Å². The standard InChI is InChI=1S/C22H31FN2O3/c1-3-13-28-18-21(26)17-24(11-7-14-27-2)16-20-9-6-12-25(20)15-19-8-4-5-10-22(19)23/h3-6,8-10,12,21,26H,1,7,11,13-18H2,2H3/t21-/m1/s1. The lowest BCUT2D eigenvalue weighted by Crippen LogP contribution is -2.36.